The van der Waals surface area contributed by atoms with E-state index in [1.54, 1.807) is 6.07 Å². The zero-order chi connectivity index (χ0) is 22.0. The van der Waals surface area contributed by atoms with E-state index in [1.165, 1.54) is 5.56 Å². The fourth-order valence-corrected chi connectivity index (χ4v) is 3.97. The summed E-state index contributed by atoms with van der Waals surface area (Å²) in [6.45, 7) is 1.62. The van der Waals surface area contributed by atoms with Crippen molar-refractivity contribution in [3.63, 3.8) is 0 Å². The maximum Gasteiger partial charge on any atom is 0.416 e. The number of halogens is 5. The molecule has 1 amide bonds. The third-order valence-electron chi connectivity index (χ3n) is 4.65. The molecule has 12 heteroatoms. The van der Waals surface area contributed by atoms with Crippen molar-refractivity contribution in [3.8, 4) is 5.75 Å². The lowest BCUT2D eigenvalue weighted by atomic mass is 9.98. The van der Waals surface area contributed by atoms with Gasteiger partial charge in [0.1, 0.15) is 12.4 Å². The van der Waals surface area contributed by atoms with Crippen molar-refractivity contribution >= 4 is 46.4 Å². The smallest absolute Gasteiger partial charge is 0.416 e. The molecule has 0 bridgehead atoms. The molecular formula is C20H17Cl2F3N4O2S. The van der Waals surface area contributed by atoms with Gasteiger partial charge >= 0.3 is 6.18 Å². The Kier molecular flexibility index (Phi) is 7.60. The molecule has 0 unspecified atom stereocenters. The zero-order valence-electron chi connectivity index (χ0n) is 16.3. The Hall–Kier alpha value is -2.40. The quantitative estimate of drug-likeness (QED) is 0.504. The molecule has 0 aliphatic carbocycles. The van der Waals surface area contributed by atoms with Crippen molar-refractivity contribution in [3.05, 3.63) is 68.7 Å². The Labute approximate surface area is 196 Å². The highest BCUT2D eigenvalue weighted by atomic mass is 35.5. The molecule has 170 valence electrons. The minimum atomic E-state index is -4.48. The van der Waals surface area contributed by atoms with E-state index < -0.39 is 11.7 Å². The van der Waals surface area contributed by atoms with Crippen LogP contribution in [0.3, 0.4) is 0 Å². The molecule has 32 heavy (non-hydrogen) atoms. The fraction of sp³-hybridized carbons (Fsp3) is 0.250. The van der Waals surface area contributed by atoms with Crippen LogP contribution < -0.4 is 15.4 Å². The molecule has 2 heterocycles. The highest BCUT2D eigenvalue weighted by Gasteiger charge is 2.31. The summed E-state index contributed by atoms with van der Waals surface area (Å²) >= 11 is 6.98. The van der Waals surface area contributed by atoms with Gasteiger partial charge < -0.3 is 10.1 Å². The van der Waals surface area contributed by atoms with Crippen LogP contribution in [0.5, 0.6) is 5.75 Å². The molecule has 4 rings (SSSR count). The number of aromatic nitrogens is 2. The van der Waals surface area contributed by atoms with Gasteiger partial charge in [-0.25, -0.2) is 0 Å². The zero-order valence-corrected chi connectivity index (χ0v) is 18.7. The highest BCUT2D eigenvalue weighted by Crippen LogP contribution is 2.35. The van der Waals surface area contributed by atoms with Gasteiger partial charge in [-0.05, 0) is 54.4 Å². The van der Waals surface area contributed by atoms with E-state index in [2.05, 4.69) is 20.8 Å². The van der Waals surface area contributed by atoms with Crippen LogP contribution in [0.1, 0.15) is 32.1 Å². The second kappa shape index (κ2) is 10.0. The number of amides is 1. The number of rotatable bonds is 5. The molecule has 0 spiro atoms. The first-order valence-corrected chi connectivity index (χ1v) is 10.4. The lowest BCUT2D eigenvalue weighted by Gasteiger charge is -2.17. The molecule has 0 atom stereocenters. The Morgan fingerprint density at radius 1 is 1.19 bits per heavy atom. The van der Waals surface area contributed by atoms with Crippen molar-refractivity contribution < 1.29 is 22.7 Å². The van der Waals surface area contributed by atoms with Gasteiger partial charge in [-0.1, -0.05) is 29.0 Å². The number of alkyl halides is 3. The average Bonchev–Trinajstić information content (AvgIpc) is 3.19. The molecule has 2 aromatic carbocycles. The SMILES string of the molecule is Cl.O=C(Nc1nnc(COc2ccc(C(F)(F)F)cc2Cl)s1)c1ccc2c(c1)CCNC2. The Balaban J connectivity index is 0.00000289. The van der Waals surface area contributed by atoms with Crippen LogP contribution >= 0.6 is 35.3 Å². The van der Waals surface area contributed by atoms with Crippen LogP contribution in [0.15, 0.2) is 36.4 Å². The van der Waals surface area contributed by atoms with Gasteiger partial charge in [0.2, 0.25) is 5.13 Å². The van der Waals surface area contributed by atoms with E-state index in [4.69, 9.17) is 16.3 Å². The molecule has 0 radical (unpaired) electrons. The lowest BCUT2D eigenvalue weighted by molar-refractivity contribution is -0.137. The fourth-order valence-electron chi connectivity index (χ4n) is 3.08. The second-order valence-corrected chi connectivity index (χ2v) is 8.27. The standard InChI is InChI=1S/C20H16ClF3N4O2S.ClH/c21-15-8-14(20(22,23)24)3-4-16(15)30-10-17-27-28-19(31-17)26-18(29)12-1-2-13-9-25-6-5-11(13)7-12;/h1-4,7-8,25H,5-6,9-10H2,(H,26,28,29);1H. The number of nitrogens with zero attached hydrogens (tertiary/aromatic N) is 2. The van der Waals surface area contributed by atoms with Crippen LogP contribution in [0.4, 0.5) is 18.3 Å². The van der Waals surface area contributed by atoms with Crippen molar-refractivity contribution in [2.75, 3.05) is 11.9 Å². The third kappa shape index (κ3) is 5.69. The number of carbonyl (C=O) groups excluding carboxylic acids is 1. The summed E-state index contributed by atoms with van der Waals surface area (Å²) in [6, 6.07) is 8.42. The van der Waals surface area contributed by atoms with Gasteiger partial charge in [0.05, 0.1) is 10.6 Å². The largest absolute Gasteiger partial charge is 0.485 e. The Morgan fingerprint density at radius 3 is 2.75 bits per heavy atom. The molecule has 0 saturated carbocycles. The first-order valence-electron chi connectivity index (χ1n) is 9.25. The highest BCUT2D eigenvalue weighted by molar-refractivity contribution is 7.15. The minimum Gasteiger partial charge on any atom is -0.485 e. The van der Waals surface area contributed by atoms with Crippen LogP contribution in [0, 0.1) is 0 Å². The summed E-state index contributed by atoms with van der Waals surface area (Å²) in [5.41, 5.74) is 2.00. The molecule has 6 nitrogen and oxygen atoms in total. The summed E-state index contributed by atoms with van der Waals surface area (Å²) in [7, 11) is 0. The van der Waals surface area contributed by atoms with Crippen molar-refractivity contribution in [2.24, 2.45) is 0 Å². The molecule has 0 saturated heterocycles. The van der Waals surface area contributed by atoms with Gasteiger partial charge in [0.25, 0.3) is 5.91 Å². The monoisotopic (exact) mass is 504 g/mol. The molecule has 1 aromatic heterocycles. The van der Waals surface area contributed by atoms with Gasteiger partial charge in [-0.2, -0.15) is 13.2 Å². The first-order chi connectivity index (χ1) is 14.8. The van der Waals surface area contributed by atoms with E-state index in [0.29, 0.717) is 15.7 Å². The normalized spacial score (nSPS) is 13.1. The number of hydrogen-bond donors (Lipinski definition) is 2. The van der Waals surface area contributed by atoms with Gasteiger partial charge in [0.15, 0.2) is 5.01 Å². The number of benzene rings is 2. The summed E-state index contributed by atoms with van der Waals surface area (Å²) in [5, 5.41) is 14.4. The van der Waals surface area contributed by atoms with E-state index in [9.17, 15) is 18.0 Å². The predicted molar refractivity (Wildman–Crippen MR) is 118 cm³/mol. The Morgan fingerprint density at radius 2 is 2.00 bits per heavy atom. The van der Waals surface area contributed by atoms with E-state index in [1.807, 2.05) is 12.1 Å². The molecule has 0 fully saturated rings. The number of anilines is 1. The summed E-state index contributed by atoms with van der Waals surface area (Å²) in [6.07, 6.45) is -3.62. The van der Waals surface area contributed by atoms with Crippen molar-refractivity contribution in [1.29, 1.82) is 0 Å². The summed E-state index contributed by atoms with van der Waals surface area (Å²) in [5.74, 6) is -0.199. The van der Waals surface area contributed by atoms with E-state index in [-0.39, 0.29) is 35.7 Å². The predicted octanol–water partition coefficient (Wildman–Crippen LogP) is 5.11. The third-order valence-corrected chi connectivity index (χ3v) is 5.76. The van der Waals surface area contributed by atoms with Gasteiger partial charge in [0, 0.05) is 12.1 Å². The molecular weight excluding hydrogens is 488 g/mol. The lowest BCUT2D eigenvalue weighted by Crippen LogP contribution is -2.24. The maximum absolute atomic E-state index is 12.7. The van der Waals surface area contributed by atoms with E-state index >= 15 is 0 Å². The van der Waals surface area contributed by atoms with Gasteiger partial charge in [-0.15, -0.1) is 22.6 Å². The Bertz CT molecular complexity index is 1120. The molecule has 2 N–H and O–H groups in total. The number of hydrogen-bond acceptors (Lipinski definition) is 6. The summed E-state index contributed by atoms with van der Waals surface area (Å²) < 4.78 is 43.6. The van der Waals surface area contributed by atoms with Crippen LogP contribution in [-0.4, -0.2) is 22.6 Å². The van der Waals surface area contributed by atoms with Crippen LogP contribution in [0.25, 0.3) is 0 Å². The topological polar surface area (TPSA) is 76.1 Å². The van der Waals surface area contributed by atoms with Crippen molar-refractivity contribution in [1.82, 2.24) is 15.5 Å². The number of carbonyl (C=O) groups is 1. The average molecular weight is 505 g/mol. The van der Waals surface area contributed by atoms with E-state index in [0.717, 1.165) is 54.6 Å². The van der Waals surface area contributed by atoms with Crippen LogP contribution in [-0.2, 0) is 25.7 Å². The molecule has 3 aromatic rings. The minimum absolute atomic E-state index is 0. The van der Waals surface area contributed by atoms with Crippen molar-refractivity contribution in [2.45, 2.75) is 25.7 Å². The summed E-state index contributed by atoms with van der Waals surface area (Å²) in [4.78, 5) is 12.5. The number of ether oxygens (including phenoxy) is 1. The molecule has 1 aliphatic heterocycles. The number of fused-ring (bicyclic) bond motifs is 1. The van der Waals surface area contributed by atoms with Crippen LogP contribution in [0.2, 0.25) is 5.02 Å². The number of nitrogens with one attached hydrogen (secondary N) is 2. The first kappa shape index (κ1) is 24.2. The second-order valence-electron chi connectivity index (χ2n) is 6.80. The van der Waals surface area contributed by atoms with Gasteiger partial charge in [-0.3, -0.25) is 10.1 Å². The molecule has 1 aliphatic rings. The maximum atomic E-state index is 12.7.